The van der Waals surface area contributed by atoms with Gasteiger partial charge >= 0.3 is 5.97 Å². The molecule has 0 bridgehead atoms. The number of aliphatic hydroxyl groups excluding tert-OH is 1. The van der Waals surface area contributed by atoms with Crippen LogP contribution in [0.5, 0.6) is 11.5 Å². The van der Waals surface area contributed by atoms with Gasteiger partial charge in [-0.1, -0.05) is 0 Å². The first-order valence-corrected chi connectivity index (χ1v) is 18.5. The zero-order valence-corrected chi connectivity index (χ0v) is 31.0. The van der Waals surface area contributed by atoms with Crippen molar-refractivity contribution in [3.05, 3.63) is 93.3 Å². The summed E-state index contributed by atoms with van der Waals surface area (Å²) in [6.45, 7) is 6.51. The van der Waals surface area contributed by atoms with Crippen molar-refractivity contribution in [1.82, 2.24) is 14.9 Å². The number of aliphatic hydroxyl groups is 1. The third kappa shape index (κ3) is 7.03. The van der Waals surface area contributed by atoms with E-state index in [0.717, 1.165) is 28.1 Å². The Bertz CT molecular complexity index is 2370. The highest BCUT2D eigenvalue weighted by molar-refractivity contribution is 6.07. The molecule has 3 unspecified atom stereocenters. The van der Waals surface area contributed by atoms with Crippen LogP contribution in [0, 0.1) is 6.92 Å². The molecule has 1 fully saturated rings. The second kappa shape index (κ2) is 13.8. The van der Waals surface area contributed by atoms with E-state index in [1.165, 1.54) is 6.07 Å². The van der Waals surface area contributed by atoms with E-state index in [-0.39, 0.29) is 35.2 Å². The van der Waals surface area contributed by atoms with Gasteiger partial charge in [0.1, 0.15) is 51.6 Å². The normalized spacial score (nSPS) is 21.9. The molecule has 1 saturated heterocycles. The molecule has 14 nitrogen and oxygen atoms in total. The Morgan fingerprint density at radius 1 is 1.09 bits per heavy atom. The van der Waals surface area contributed by atoms with Crippen molar-refractivity contribution in [2.24, 2.45) is 4.99 Å². The summed E-state index contributed by atoms with van der Waals surface area (Å²) in [7, 11) is 0. The number of unbranched alkanes of at least 4 members (excludes halogenated alkanes) is 1. The lowest BCUT2D eigenvalue weighted by atomic mass is 9.89. The molecule has 3 aromatic heterocycles. The number of epoxide rings is 1. The molecule has 0 amide bonds. The fourth-order valence-corrected chi connectivity index (χ4v) is 7.85. The summed E-state index contributed by atoms with van der Waals surface area (Å²) in [5.41, 5.74) is 15.9. The number of aromatic hydroxyl groups is 1. The Balaban J connectivity index is 0.976. The fourth-order valence-electron chi connectivity index (χ4n) is 7.85. The zero-order valence-electron chi connectivity index (χ0n) is 31.0. The van der Waals surface area contributed by atoms with E-state index in [1.54, 1.807) is 32.9 Å². The van der Waals surface area contributed by atoms with Crippen LogP contribution in [0.15, 0.2) is 74.7 Å². The smallest absolute Gasteiger partial charge is 0.341 e. The number of aromatic nitrogens is 2. The minimum absolute atomic E-state index is 0.0144. The van der Waals surface area contributed by atoms with Gasteiger partial charge in [0.25, 0.3) is 0 Å². The molecule has 3 atom stereocenters. The summed E-state index contributed by atoms with van der Waals surface area (Å²) in [6, 6.07) is 10.4. The quantitative estimate of drug-likeness (QED) is 0.0884. The van der Waals surface area contributed by atoms with Gasteiger partial charge in [-0.3, -0.25) is 9.79 Å². The number of carbonyl (C=O) groups excluding carboxylic acids is 1. The van der Waals surface area contributed by atoms with E-state index in [1.807, 2.05) is 30.5 Å². The second-order valence-corrected chi connectivity index (χ2v) is 15.3. The lowest BCUT2D eigenvalue weighted by molar-refractivity contribution is -0.168. The van der Waals surface area contributed by atoms with Crippen LogP contribution in [-0.2, 0) is 33.7 Å². The van der Waals surface area contributed by atoms with Crippen LogP contribution in [0.25, 0.3) is 22.2 Å². The zero-order chi connectivity index (χ0) is 38.6. The van der Waals surface area contributed by atoms with E-state index in [2.05, 4.69) is 26.1 Å². The molecule has 8 rings (SSSR count). The third-order valence-electron chi connectivity index (χ3n) is 10.7. The van der Waals surface area contributed by atoms with Gasteiger partial charge in [0.2, 0.25) is 0 Å². The number of benzene rings is 1. The van der Waals surface area contributed by atoms with Gasteiger partial charge in [-0.05, 0) is 88.8 Å². The van der Waals surface area contributed by atoms with Crippen LogP contribution >= 0.6 is 0 Å². The Labute approximate surface area is 317 Å². The lowest BCUT2D eigenvalue weighted by Gasteiger charge is -2.39. The van der Waals surface area contributed by atoms with E-state index in [4.69, 9.17) is 30.1 Å². The van der Waals surface area contributed by atoms with Gasteiger partial charge in [0.15, 0.2) is 11.0 Å². The maximum absolute atomic E-state index is 14.1. The lowest BCUT2D eigenvalue weighted by Crippen LogP contribution is -2.50. The molecule has 0 saturated carbocycles. The number of fused-ring (bicyclic) bond motifs is 3. The third-order valence-corrected chi connectivity index (χ3v) is 10.7. The second-order valence-electron chi connectivity index (χ2n) is 15.3. The number of hydrogen-bond acceptors (Lipinski definition) is 14. The summed E-state index contributed by atoms with van der Waals surface area (Å²) in [5, 5.41) is 20.8. The number of esters is 1. The molecule has 6 N–H and O–H groups in total. The first-order valence-electron chi connectivity index (χ1n) is 18.5. The fraction of sp³-hybridized carbons (Fsp3) is 0.390. The van der Waals surface area contributed by atoms with Crippen LogP contribution in [-0.4, -0.2) is 73.3 Å². The van der Waals surface area contributed by atoms with Crippen LogP contribution < -0.4 is 21.6 Å². The average molecular weight is 749 g/mol. The number of nitrogens with zero attached hydrogens (tertiary/aromatic N) is 4. The number of nitrogen functional groups attached to an aromatic ring is 2. The Morgan fingerprint density at radius 3 is 2.71 bits per heavy atom. The van der Waals surface area contributed by atoms with Crippen LogP contribution in [0.4, 0.5) is 11.6 Å². The number of hydrogen-bond donors (Lipinski definition) is 4. The minimum atomic E-state index is -1.21. The maximum atomic E-state index is 14.1. The molecule has 4 aromatic rings. The van der Waals surface area contributed by atoms with E-state index >= 15 is 0 Å². The molecule has 4 aliphatic heterocycles. The molecule has 0 aliphatic carbocycles. The number of ether oxygens (including phenoxy) is 3. The number of allylic oxidation sites excluding steroid dienone is 1. The maximum Gasteiger partial charge on any atom is 0.341 e. The van der Waals surface area contributed by atoms with Crippen molar-refractivity contribution in [2.45, 2.75) is 89.3 Å². The highest BCUT2D eigenvalue weighted by Crippen LogP contribution is 2.48. The predicted octanol–water partition coefficient (Wildman–Crippen LogP) is 4.65. The highest BCUT2D eigenvalue weighted by atomic mass is 16.7. The molecule has 4 aliphatic rings. The first-order chi connectivity index (χ1) is 26.3. The molecule has 7 heterocycles. The number of aliphatic imine (C=N–C) groups is 1. The summed E-state index contributed by atoms with van der Waals surface area (Å²) in [5.74, 6) is 0.700. The molecular weight excluding hydrogens is 704 g/mol. The van der Waals surface area contributed by atoms with Crippen molar-refractivity contribution in [2.75, 3.05) is 24.6 Å². The van der Waals surface area contributed by atoms with E-state index < -0.39 is 29.4 Å². The molecule has 0 spiro atoms. The number of phenolic OH excluding ortho intramolecular Hbond substituents is 1. The number of carbonyl (C=O) groups is 1. The van der Waals surface area contributed by atoms with E-state index in [9.17, 15) is 19.8 Å². The predicted molar refractivity (Wildman–Crippen MR) is 205 cm³/mol. The van der Waals surface area contributed by atoms with E-state index in [0.29, 0.717) is 79.6 Å². The van der Waals surface area contributed by atoms with Crippen LogP contribution in [0.2, 0.25) is 0 Å². The summed E-state index contributed by atoms with van der Waals surface area (Å²) >= 11 is 0. The Morgan fingerprint density at radius 2 is 1.91 bits per heavy atom. The standard InChI is InChI=1S/C41H44N6O8/c1-22-12-30(49)37-32(52-22)18-31-27(38(37)50)17-34(40(2,3)54-31)53-39(51)41(9-4-5-11-48)33(55-41)7-6-23-13-28(46-35(42)14-23)25-15-26(45-36(43)16-25)20-47-19-24-8-10-44-29(24)21-47/h8,10,12-16,18-19,33-34,48,50H,4-7,9,11,17,20-21H2,1-3H3,(H2,42,46)(H2,43,45). The van der Waals surface area contributed by atoms with Crippen LogP contribution in [0.1, 0.15) is 62.1 Å². The van der Waals surface area contributed by atoms with Crippen molar-refractivity contribution in [1.29, 1.82) is 0 Å². The topological polar surface area (TPSA) is 212 Å². The number of aryl methyl sites for hydroxylation is 2. The molecular formula is C41H44N6O8. The first kappa shape index (κ1) is 36.3. The SMILES string of the molecule is Cc1cc(=O)c2c(O)c3c(cc2o1)OC(C)(C)C(OC(=O)C1(CCCCO)OC1CCc1cc(N)nc(-c2cc(N)nc(CN4C=C5C=CN=C5C4)c2)c1)C3. The molecule has 1 aromatic carbocycles. The average Bonchev–Trinajstić information content (AvgIpc) is 3.43. The number of rotatable bonds is 12. The summed E-state index contributed by atoms with van der Waals surface area (Å²) < 4.78 is 24.4. The minimum Gasteiger partial charge on any atom is -0.507 e. The van der Waals surface area contributed by atoms with Crippen LogP contribution in [0.3, 0.4) is 0 Å². The van der Waals surface area contributed by atoms with Crippen molar-refractivity contribution in [3.8, 4) is 22.8 Å². The highest BCUT2D eigenvalue weighted by Gasteiger charge is 2.63. The van der Waals surface area contributed by atoms with Gasteiger partial charge in [-0.25, -0.2) is 14.8 Å². The number of pyridine rings is 2. The van der Waals surface area contributed by atoms with Crippen molar-refractivity contribution < 1.29 is 33.6 Å². The molecule has 14 heteroatoms. The molecule has 286 valence electrons. The van der Waals surface area contributed by atoms with Gasteiger partial charge in [-0.15, -0.1) is 0 Å². The Kier molecular flexibility index (Phi) is 9.13. The van der Waals surface area contributed by atoms with Gasteiger partial charge in [0.05, 0.1) is 36.3 Å². The van der Waals surface area contributed by atoms with Crippen molar-refractivity contribution in [3.63, 3.8) is 0 Å². The number of anilines is 2. The van der Waals surface area contributed by atoms with Gasteiger partial charge in [-0.2, -0.15) is 0 Å². The monoisotopic (exact) mass is 748 g/mol. The molecule has 0 radical (unpaired) electrons. The number of nitrogens with two attached hydrogens (primary N) is 2. The molecule has 55 heavy (non-hydrogen) atoms. The summed E-state index contributed by atoms with van der Waals surface area (Å²) in [4.78, 5) is 42.6. The van der Waals surface area contributed by atoms with Gasteiger partial charge < -0.3 is 45.2 Å². The number of phenols is 1. The largest absolute Gasteiger partial charge is 0.507 e. The van der Waals surface area contributed by atoms with Gasteiger partial charge in [0, 0.05) is 54.3 Å². The summed E-state index contributed by atoms with van der Waals surface area (Å²) in [6.07, 6.45) is 7.18. The van der Waals surface area contributed by atoms with Crippen molar-refractivity contribution >= 4 is 34.3 Å². The Hall–Kier alpha value is -5.73.